The van der Waals surface area contributed by atoms with Crippen molar-refractivity contribution < 1.29 is 13.7 Å². The van der Waals surface area contributed by atoms with Gasteiger partial charge in [-0.25, -0.2) is 4.39 Å². The molecule has 0 aliphatic heterocycles. The summed E-state index contributed by atoms with van der Waals surface area (Å²) in [6.07, 6.45) is 4.53. The number of nitrogens with zero attached hydrogens (tertiary/aromatic N) is 4. The zero-order valence-corrected chi connectivity index (χ0v) is 10.9. The number of hydrogen-bond acceptors (Lipinski definition) is 5. The van der Waals surface area contributed by atoms with Crippen LogP contribution in [0.25, 0.3) is 0 Å². The lowest BCUT2D eigenvalue weighted by Crippen LogP contribution is -2.27. The highest BCUT2D eigenvalue weighted by Gasteiger charge is 2.29. The van der Waals surface area contributed by atoms with E-state index in [9.17, 15) is 9.18 Å². The normalized spacial score (nSPS) is 14.3. The van der Waals surface area contributed by atoms with Crippen LogP contribution in [0.4, 0.5) is 4.39 Å². The smallest absolute Gasteiger partial charge is 0.255 e. The molecule has 6 nitrogen and oxygen atoms in total. The van der Waals surface area contributed by atoms with Gasteiger partial charge in [-0.2, -0.15) is 4.98 Å². The highest BCUT2D eigenvalue weighted by Crippen LogP contribution is 2.38. The minimum absolute atomic E-state index is 0.193. The van der Waals surface area contributed by atoms with Gasteiger partial charge in [0.25, 0.3) is 5.91 Å². The minimum Gasteiger partial charge on any atom is -0.339 e. The molecule has 2 aromatic heterocycles. The lowest BCUT2D eigenvalue weighted by molar-refractivity contribution is 0.0779. The van der Waals surface area contributed by atoms with Gasteiger partial charge in [-0.3, -0.25) is 9.78 Å². The van der Waals surface area contributed by atoms with Gasteiger partial charge >= 0.3 is 0 Å². The van der Waals surface area contributed by atoms with E-state index in [0.717, 1.165) is 25.1 Å². The van der Waals surface area contributed by atoms with E-state index in [1.165, 1.54) is 11.1 Å². The molecule has 0 unspecified atom stereocenters. The summed E-state index contributed by atoms with van der Waals surface area (Å²) in [5.41, 5.74) is 0.193. The van der Waals surface area contributed by atoms with Gasteiger partial charge in [0.05, 0.1) is 18.3 Å². The highest BCUT2D eigenvalue weighted by molar-refractivity contribution is 5.93. The Morgan fingerprint density at radius 1 is 1.50 bits per heavy atom. The summed E-state index contributed by atoms with van der Waals surface area (Å²) in [5.74, 6) is 0.583. The van der Waals surface area contributed by atoms with Crippen molar-refractivity contribution in [3.8, 4) is 0 Å². The fourth-order valence-corrected chi connectivity index (χ4v) is 1.86. The van der Waals surface area contributed by atoms with Gasteiger partial charge in [0.2, 0.25) is 5.89 Å². The number of carbonyl (C=O) groups is 1. The molecule has 1 fully saturated rings. The quantitative estimate of drug-likeness (QED) is 0.850. The molecular formula is C13H13FN4O2. The minimum atomic E-state index is -0.542. The molecule has 0 radical (unpaired) electrons. The van der Waals surface area contributed by atoms with E-state index >= 15 is 0 Å². The molecule has 0 atom stereocenters. The van der Waals surface area contributed by atoms with Gasteiger partial charge in [0.15, 0.2) is 5.82 Å². The van der Waals surface area contributed by atoms with Crippen LogP contribution in [0.2, 0.25) is 0 Å². The van der Waals surface area contributed by atoms with Crippen LogP contribution in [0.5, 0.6) is 0 Å². The number of amides is 1. The van der Waals surface area contributed by atoms with Crippen LogP contribution in [0.1, 0.15) is 40.8 Å². The maximum absolute atomic E-state index is 13.0. The topological polar surface area (TPSA) is 72.1 Å². The summed E-state index contributed by atoms with van der Waals surface area (Å²) in [7, 11) is 1.60. The first-order valence-electron chi connectivity index (χ1n) is 6.32. The lowest BCUT2D eigenvalue weighted by Gasteiger charge is -2.14. The molecule has 1 amide bonds. The summed E-state index contributed by atoms with van der Waals surface area (Å²) in [6.45, 7) is 0.214. The SMILES string of the molecule is CN(Cc1noc(C2CC2)n1)C(=O)c1cncc(F)c1. The van der Waals surface area contributed by atoms with Crippen LogP contribution in [-0.4, -0.2) is 33.0 Å². The van der Waals surface area contributed by atoms with Crippen molar-refractivity contribution in [2.75, 3.05) is 7.05 Å². The molecule has 20 heavy (non-hydrogen) atoms. The molecule has 1 aliphatic rings. The Bertz CT molecular complexity index is 639. The van der Waals surface area contributed by atoms with Gasteiger partial charge in [0.1, 0.15) is 5.82 Å². The van der Waals surface area contributed by atoms with Crippen molar-refractivity contribution >= 4 is 5.91 Å². The fraction of sp³-hybridized carbons (Fsp3) is 0.385. The third kappa shape index (κ3) is 2.66. The first-order valence-corrected chi connectivity index (χ1v) is 6.32. The summed E-state index contributed by atoms with van der Waals surface area (Å²) in [4.78, 5) is 21.4. The van der Waals surface area contributed by atoms with Gasteiger partial charge in [-0.05, 0) is 18.9 Å². The molecule has 0 bridgehead atoms. The van der Waals surface area contributed by atoms with E-state index in [2.05, 4.69) is 15.1 Å². The van der Waals surface area contributed by atoms with Crippen LogP contribution in [0, 0.1) is 5.82 Å². The maximum Gasteiger partial charge on any atom is 0.255 e. The summed E-state index contributed by atoms with van der Waals surface area (Å²) in [6, 6.07) is 1.15. The second kappa shape index (κ2) is 4.99. The van der Waals surface area contributed by atoms with Gasteiger partial charge in [-0.15, -0.1) is 0 Å². The van der Waals surface area contributed by atoms with Gasteiger partial charge < -0.3 is 9.42 Å². The molecular weight excluding hydrogens is 263 g/mol. The molecule has 2 heterocycles. The first-order chi connectivity index (χ1) is 9.63. The largest absolute Gasteiger partial charge is 0.339 e. The molecule has 1 aliphatic carbocycles. The molecule has 0 spiro atoms. The van der Waals surface area contributed by atoms with E-state index in [4.69, 9.17) is 4.52 Å². The third-order valence-electron chi connectivity index (χ3n) is 3.09. The van der Waals surface area contributed by atoms with Crippen molar-refractivity contribution in [2.45, 2.75) is 25.3 Å². The molecule has 1 saturated carbocycles. The number of pyridine rings is 1. The van der Waals surface area contributed by atoms with Crippen molar-refractivity contribution in [3.05, 3.63) is 41.6 Å². The summed E-state index contributed by atoms with van der Waals surface area (Å²) >= 11 is 0. The Labute approximate surface area is 114 Å². The van der Waals surface area contributed by atoms with Crippen molar-refractivity contribution in [1.82, 2.24) is 20.0 Å². The molecule has 0 N–H and O–H groups in total. The Morgan fingerprint density at radius 3 is 3.00 bits per heavy atom. The van der Waals surface area contributed by atoms with Crippen molar-refractivity contribution in [3.63, 3.8) is 0 Å². The van der Waals surface area contributed by atoms with Crippen molar-refractivity contribution in [1.29, 1.82) is 0 Å². The number of aromatic nitrogens is 3. The van der Waals surface area contributed by atoms with E-state index in [-0.39, 0.29) is 18.0 Å². The predicted octanol–water partition coefficient (Wildman–Crippen LogP) is 1.75. The van der Waals surface area contributed by atoms with E-state index in [1.54, 1.807) is 7.05 Å². The average Bonchev–Trinajstić information content (AvgIpc) is 3.19. The number of halogens is 1. The first kappa shape index (κ1) is 12.7. The number of rotatable bonds is 4. The summed E-state index contributed by atoms with van der Waals surface area (Å²) in [5, 5.41) is 3.84. The number of hydrogen-bond donors (Lipinski definition) is 0. The van der Waals surface area contributed by atoms with Crippen LogP contribution in [0.3, 0.4) is 0 Å². The van der Waals surface area contributed by atoms with Crippen LogP contribution in [-0.2, 0) is 6.54 Å². The molecule has 2 aromatic rings. The maximum atomic E-state index is 13.0. The molecule has 3 rings (SSSR count). The van der Waals surface area contributed by atoms with Crippen LogP contribution < -0.4 is 0 Å². The van der Waals surface area contributed by atoms with Crippen LogP contribution >= 0.6 is 0 Å². The average molecular weight is 276 g/mol. The molecule has 7 heteroatoms. The summed E-state index contributed by atoms with van der Waals surface area (Å²) < 4.78 is 18.2. The second-order valence-corrected chi connectivity index (χ2v) is 4.88. The highest BCUT2D eigenvalue weighted by atomic mass is 19.1. The Hall–Kier alpha value is -2.31. The molecule has 0 aromatic carbocycles. The monoisotopic (exact) mass is 276 g/mol. The van der Waals surface area contributed by atoms with Crippen LogP contribution in [0.15, 0.2) is 23.0 Å². The Balaban J connectivity index is 1.68. The number of carbonyl (C=O) groups excluding carboxylic acids is 1. The van der Waals surface area contributed by atoms with E-state index in [0.29, 0.717) is 17.6 Å². The zero-order chi connectivity index (χ0) is 14.1. The van der Waals surface area contributed by atoms with Gasteiger partial charge in [0, 0.05) is 19.2 Å². The Morgan fingerprint density at radius 2 is 2.30 bits per heavy atom. The predicted molar refractivity (Wildman–Crippen MR) is 66.3 cm³/mol. The van der Waals surface area contributed by atoms with Gasteiger partial charge in [-0.1, -0.05) is 5.16 Å². The molecule has 0 saturated heterocycles. The standard InChI is InChI=1S/C13H13FN4O2/c1-18(13(19)9-4-10(14)6-15-5-9)7-11-16-12(20-17-11)8-2-3-8/h4-6,8H,2-3,7H2,1H3. The lowest BCUT2D eigenvalue weighted by atomic mass is 10.2. The fourth-order valence-electron chi connectivity index (χ4n) is 1.86. The van der Waals surface area contributed by atoms with Crippen molar-refractivity contribution in [2.24, 2.45) is 0 Å². The van der Waals surface area contributed by atoms with E-state index < -0.39 is 5.82 Å². The zero-order valence-electron chi connectivity index (χ0n) is 10.9. The second-order valence-electron chi connectivity index (χ2n) is 4.88. The van der Waals surface area contributed by atoms with E-state index in [1.807, 2.05) is 0 Å². The Kier molecular flexibility index (Phi) is 3.17. The molecule has 104 valence electrons. The third-order valence-corrected chi connectivity index (χ3v) is 3.09.